The van der Waals surface area contributed by atoms with E-state index in [0.29, 0.717) is 19.4 Å². The van der Waals surface area contributed by atoms with E-state index in [2.05, 4.69) is 10.1 Å². The molecule has 0 aromatic rings. The van der Waals surface area contributed by atoms with Crippen LogP contribution in [0, 0.1) is 0 Å². The molecule has 2 atom stereocenters. The second-order valence-corrected chi connectivity index (χ2v) is 4.99. The highest BCUT2D eigenvalue weighted by atomic mass is 16.5. The van der Waals surface area contributed by atoms with Crippen molar-refractivity contribution in [3.63, 3.8) is 0 Å². The minimum Gasteiger partial charge on any atom is -0.479 e. The molecule has 112 valence electrons. The molecule has 0 radical (unpaired) electrons. The van der Waals surface area contributed by atoms with Crippen molar-refractivity contribution in [1.29, 1.82) is 0 Å². The van der Waals surface area contributed by atoms with Crippen LogP contribution < -0.4 is 5.32 Å². The summed E-state index contributed by atoms with van der Waals surface area (Å²) in [6, 6.07) is -1.21. The molecule has 0 bridgehead atoms. The lowest BCUT2D eigenvalue weighted by Crippen LogP contribution is -2.59. The summed E-state index contributed by atoms with van der Waals surface area (Å²) in [4.78, 5) is 36.5. The number of amides is 2. The number of nitrogens with zero attached hydrogens (tertiary/aromatic N) is 1. The van der Waals surface area contributed by atoms with Crippen molar-refractivity contribution in [2.75, 3.05) is 26.9 Å². The lowest BCUT2D eigenvalue weighted by molar-refractivity contribution is -0.145. The number of urea groups is 1. The number of hydrogen-bond donors (Lipinski definition) is 2. The predicted octanol–water partition coefficient (Wildman–Crippen LogP) is -0.423. The summed E-state index contributed by atoms with van der Waals surface area (Å²) in [6.07, 6.45) is 1.42. The number of nitrogens with one attached hydrogen (secondary N) is 1. The minimum atomic E-state index is -1.40. The number of carboxylic acids is 1. The van der Waals surface area contributed by atoms with E-state index in [9.17, 15) is 19.5 Å². The highest BCUT2D eigenvalue weighted by Gasteiger charge is 2.46. The third-order valence-electron chi connectivity index (χ3n) is 3.76. The summed E-state index contributed by atoms with van der Waals surface area (Å²) in [6.45, 7) is 0.625. The highest BCUT2D eigenvalue weighted by Crippen LogP contribution is 2.23. The van der Waals surface area contributed by atoms with E-state index in [1.54, 1.807) is 0 Å². The van der Waals surface area contributed by atoms with Crippen LogP contribution in [0.15, 0.2) is 0 Å². The van der Waals surface area contributed by atoms with Gasteiger partial charge in [-0.2, -0.15) is 0 Å². The van der Waals surface area contributed by atoms with E-state index in [4.69, 9.17) is 4.74 Å². The Balaban J connectivity index is 2.07. The number of ether oxygens (including phenoxy) is 2. The normalized spacial score (nSPS) is 29.2. The van der Waals surface area contributed by atoms with Gasteiger partial charge >= 0.3 is 18.0 Å². The topological polar surface area (TPSA) is 105 Å². The highest BCUT2D eigenvalue weighted by molar-refractivity contribution is 5.89. The van der Waals surface area contributed by atoms with Crippen LogP contribution in [0.1, 0.15) is 19.3 Å². The van der Waals surface area contributed by atoms with E-state index < -0.39 is 29.6 Å². The number of carbonyl (C=O) groups excluding carboxylic acids is 2. The van der Waals surface area contributed by atoms with Gasteiger partial charge in [-0.1, -0.05) is 0 Å². The molecule has 0 aromatic heterocycles. The molecule has 2 N–H and O–H groups in total. The molecule has 0 aliphatic carbocycles. The number of rotatable bonds is 3. The Morgan fingerprint density at radius 2 is 2.20 bits per heavy atom. The molecule has 2 aliphatic heterocycles. The van der Waals surface area contributed by atoms with E-state index in [0.717, 1.165) is 0 Å². The number of aliphatic carboxylic acids is 1. The third-order valence-corrected chi connectivity index (χ3v) is 3.76. The fourth-order valence-corrected chi connectivity index (χ4v) is 2.55. The molecule has 2 saturated heterocycles. The van der Waals surface area contributed by atoms with E-state index in [1.165, 1.54) is 12.0 Å². The van der Waals surface area contributed by atoms with Gasteiger partial charge in [-0.15, -0.1) is 0 Å². The summed E-state index contributed by atoms with van der Waals surface area (Å²) in [7, 11) is 1.26. The molecular weight excluding hydrogens is 268 g/mol. The number of carbonyl (C=O) groups is 3. The predicted molar refractivity (Wildman–Crippen MR) is 66.1 cm³/mol. The van der Waals surface area contributed by atoms with Crippen LogP contribution in [0.3, 0.4) is 0 Å². The first kappa shape index (κ1) is 14.6. The van der Waals surface area contributed by atoms with Gasteiger partial charge in [0.1, 0.15) is 6.04 Å². The van der Waals surface area contributed by atoms with Crippen LogP contribution in [0.4, 0.5) is 4.79 Å². The van der Waals surface area contributed by atoms with E-state index in [1.807, 2.05) is 0 Å². The summed E-state index contributed by atoms with van der Waals surface area (Å²) < 4.78 is 9.73. The molecule has 2 heterocycles. The van der Waals surface area contributed by atoms with Gasteiger partial charge in [-0.3, -0.25) is 0 Å². The van der Waals surface area contributed by atoms with Gasteiger partial charge in [0.05, 0.1) is 13.7 Å². The van der Waals surface area contributed by atoms with Crippen molar-refractivity contribution in [1.82, 2.24) is 10.2 Å². The Kier molecular flexibility index (Phi) is 4.12. The standard InChI is InChI=1S/C12H18N2O6/c1-19-9(15)8-3-2-5-14(8)11(18)13-12(10(16)17)4-6-20-7-12/h8H,2-7H2,1H3,(H,13,18)(H,16,17). The van der Waals surface area contributed by atoms with Crippen LogP contribution in [0.25, 0.3) is 0 Å². The van der Waals surface area contributed by atoms with Gasteiger partial charge in [0, 0.05) is 19.6 Å². The Labute approximate surface area is 116 Å². The van der Waals surface area contributed by atoms with Crippen molar-refractivity contribution in [2.24, 2.45) is 0 Å². The van der Waals surface area contributed by atoms with E-state index >= 15 is 0 Å². The zero-order chi connectivity index (χ0) is 14.8. The number of carboxylic acid groups (broad SMARTS) is 1. The largest absolute Gasteiger partial charge is 0.479 e. The molecule has 20 heavy (non-hydrogen) atoms. The molecule has 0 saturated carbocycles. The molecule has 8 nitrogen and oxygen atoms in total. The Hall–Kier alpha value is -1.83. The number of esters is 1. The lowest BCUT2D eigenvalue weighted by atomic mass is 9.99. The van der Waals surface area contributed by atoms with Crippen LogP contribution in [0.5, 0.6) is 0 Å². The molecule has 2 unspecified atom stereocenters. The van der Waals surface area contributed by atoms with Crippen molar-refractivity contribution in [3.8, 4) is 0 Å². The molecule has 0 spiro atoms. The fourth-order valence-electron chi connectivity index (χ4n) is 2.55. The zero-order valence-electron chi connectivity index (χ0n) is 11.3. The van der Waals surface area contributed by atoms with Crippen LogP contribution in [-0.4, -0.2) is 66.4 Å². The van der Waals surface area contributed by atoms with E-state index in [-0.39, 0.29) is 19.6 Å². The summed E-state index contributed by atoms with van der Waals surface area (Å²) in [5.74, 6) is -1.61. The monoisotopic (exact) mass is 286 g/mol. The maximum atomic E-state index is 12.2. The summed E-state index contributed by atoms with van der Waals surface area (Å²) in [5.41, 5.74) is -1.40. The third kappa shape index (κ3) is 2.55. The molecule has 8 heteroatoms. The SMILES string of the molecule is COC(=O)C1CCCN1C(=O)NC1(C(=O)O)CCOC1. The average molecular weight is 286 g/mol. The maximum absolute atomic E-state index is 12.2. The maximum Gasteiger partial charge on any atom is 0.332 e. The first-order valence-corrected chi connectivity index (χ1v) is 6.48. The smallest absolute Gasteiger partial charge is 0.332 e. The molecule has 2 aliphatic rings. The lowest BCUT2D eigenvalue weighted by Gasteiger charge is -2.29. The second-order valence-electron chi connectivity index (χ2n) is 4.99. The van der Waals surface area contributed by atoms with Gasteiger partial charge < -0.3 is 24.8 Å². The Morgan fingerprint density at radius 3 is 2.75 bits per heavy atom. The minimum absolute atomic E-state index is 0.0647. The molecule has 2 rings (SSSR count). The molecule has 2 fully saturated rings. The van der Waals surface area contributed by atoms with Gasteiger partial charge in [0.2, 0.25) is 0 Å². The van der Waals surface area contributed by atoms with Crippen LogP contribution >= 0.6 is 0 Å². The summed E-state index contributed by atoms with van der Waals surface area (Å²) >= 11 is 0. The van der Waals surface area contributed by atoms with Crippen molar-refractivity contribution < 1.29 is 29.0 Å². The van der Waals surface area contributed by atoms with Crippen LogP contribution in [0.2, 0.25) is 0 Å². The molecule has 2 amide bonds. The first-order valence-electron chi connectivity index (χ1n) is 6.48. The Bertz CT molecular complexity index is 418. The van der Waals surface area contributed by atoms with Crippen molar-refractivity contribution in [2.45, 2.75) is 30.8 Å². The quantitative estimate of drug-likeness (QED) is 0.682. The molecular formula is C12H18N2O6. The van der Waals surface area contributed by atoms with Crippen molar-refractivity contribution >= 4 is 18.0 Å². The summed E-state index contributed by atoms with van der Waals surface area (Å²) in [5, 5.41) is 11.8. The second kappa shape index (κ2) is 5.66. The fraction of sp³-hybridized carbons (Fsp3) is 0.750. The van der Waals surface area contributed by atoms with Gasteiger partial charge in [0.15, 0.2) is 5.54 Å². The first-order chi connectivity index (χ1) is 9.50. The van der Waals surface area contributed by atoms with Crippen molar-refractivity contribution in [3.05, 3.63) is 0 Å². The van der Waals surface area contributed by atoms with Gasteiger partial charge in [-0.05, 0) is 12.8 Å². The average Bonchev–Trinajstić information content (AvgIpc) is 3.06. The number of hydrogen-bond acceptors (Lipinski definition) is 5. The van der Waals surface area contributed by atoms with Gasteiger partial charge in [0.25, 0.3) is 0 Å². The Morgan fingerprint density at radius 1 is 1.45 bits per heavy atom. The molecule has 0 aromatic carbocycles. The van der Waals surface area contributed by atoms with Crippen LogP contribution in [-0.2, 0) is 19.1 Å². The zero-order valence-corrected chi connectivity index (χ0v) is 11.3. The number of likely N-dealkylation sites (tertiary alicyclic amines) is 1. The number of methoxy groups -OCH3 is 1. The van der Waals surface area contributed by atoms with Gasteiger partial charge in [-0.25, -0.2) is 14.4 Å².